The van der Waals surface area contributed by atoms with Gasteiger partial charge in [-0.1, -0.05) is 42.5 Å². The van der Waals surface area contributed by atoms with Gasteiger partial charge >= 0.3 is 6.18 Å². The lowest BCUT2D eigenvalue weighted by molar-refractivity contribution is -0.137. The molecule has 1 spiro atoms. The molecule has 1 saturated heterocycles. The molecule has 2 fully saturated rings. The molecule has 1 aliphatic carbocycles. The van der Waals surface area contributed by atoms with Crippen molar-refractivity contribution in [1.82, 2.24) is 4.90 Å². The molecule has 1 heterocycles. The highest BCUT2D eigenvalue weighted by atomic mass is 19.4. The molecule has 1 nitrogen and oxygen atoms in total. The largest absolute Gasteiger partial charge is 0.416 e. The standard InChI is InChI=1S/C21H22F3N/c22-21(23,24)18-9-7-17(8-10-18)19-13-20(19)11-4-12-25(15-20)14-16-5-2-1-3-6-16/h1-3,5-10,19H,4,11-15H2. The summed E-state index contributed by atoms with van der Waals surface area (Å²) in [6.07, 6.45) is -0.797. The first kappa shape index (κ1) is 16.6. The Labute approximate surface area is 146 Å². The van der Waals surface area contributed by atoms with Gasteiger partial charge in [0.25, 0.3) is 0 Å². The summed E-state index contributed by atoms with van der Waals surface area (Å²) in [5, 5.41) is 0. The van der Waals surface area contributed by atoms with Crippen LogP contribution in [0.3, 0.4) is 0 Å². The Hall–Kier alpha value is -1.81. The average Bonchev–Trinajstić information content (AvgIpc) is 3.28. The van der Waals surface area contributed by atoms with E-state index in [0.29, 0.717) is 5.92 Å². The predicted octanol–water partition coefficient (Wildman–Crippen LogP) is 5.48. The van der Waals surface area contributed by atoms with Crippen LogP contribution in [-0.2, 0) is 12.7 Å². The number of halogens is 3. The van der Waals surface area contributed by atoms with Crippen molar-refractivity contribution in [1.29, 1.82) is 0 Å². The van der Waals surface area contributed by atoms with E-state index >= 15 is 0 Å². The quantitative estimate of drug-likeness (QED) is 0.712. The summed E-state index contributed by atoms with van der Waals surface area (Å²) < 4.78 is 38.2. The molecule has 2 unspecified atom stereocenters. The molecule has 0 aromatic heterocycles. The molecular formula is C21H22F3N. The highest BCUT2D eigenvalue weighted by Crippen LogP contribution is 2.63. The van der Waals surface area contributed by atoms with Gasteiger partial charge in [-0.3, -0.25) is 4.90 Å². The normalized spacial score (nSPS) is 26.8. The fraction of sp³-hybridized carbons (Fsp3) is 0.429. The summed E-state index contributed by atoms with van der Waals surface area (Å²) in [5.74, 6) is 0.411. The van der Waals surface area contributed by atoms with Crippen LogP contribution in [0, 0.1) is 5.41 Å². The molecule has 0 bridgehead atoms. The predicted molar refractivity (Wildman–Crippen MR) is 92.2 cm³/mol. The number of likely N-dealkylation sites (tertiary alicyclic amines) is 1. The lowest BCUT2D eigenvalue weighted by Gasteiger charge is -2.34. The van der Waals surface area contributed by atoms with E-state index in [4.69, 9.17) is 0 Å². The molecule has 2 aromatic carbocycles. The first-order valence-electron chi connectivity index (χ1n) is 8.90. The van der Waals surface area contributed by atoms with Gasteiger partial charge < -0.3 is 0 Å². The van der Waals surface area contributed by atoms with Crippen LogP contribution in [0.4, 0.5) is 13.2 Å². The molecule has 1 saturated carbocycles. The molecule has 0 radical (unpaired) electrons. The Bertz CT molecular complexity index is 723. The molecule has 2 atom stereocenters. The Morgan fingerprint density at radius 1 is 1.00 bits per heavy atom. The van der Waals surface area contributed by atoms with Gasteiger partial charge in [-0.25, -0.2) is 0 Å². The van der Waals surface area contributed by atoms with Crippen molar-refractivity contribution in [2.45, 2.75) is 37.9 Å². The van der Waals surface area contributed by atoms with Crippen LogP contribution in [0.15, 0.2) is 54.6 Å². The van der Waals surface area contributed by atoms with Crippen molar-refractivity contribution in [2.75, 3.05) is 13.1 Å². The maximum Gasteiger partial charge on any atom is 0.416 e. The Kier molecular flexibility index (Phi) is 4.11. The minimum Gasteiger partial charge on any atom is -0.299 e. The zero-order chi connectivity index (χ0) is 17.5. The molecule has 2 aliphatic rings. The van der Waals surface area contributed by atoms with Crippen LogP contribution in [0.5, 0.6) is 0 Å². The summed E-state index contributed by atoms with van der Waals surface area (Å²) in [6, 6.07) is 16.3. The van der Waals surface area contributed by atoms with Crippen molar-refractivity contribution in [3.8, 4) is 0 Å². The summed E-state index contributed by atoms with van der Waals surface area (Å²) in [5.41, 5.74) is 2.11. The van der Waals surface area contributed by atoms with Crippen molar-refractivity contribution in [3.05, 3.63) is 71.3 Å². The second-order valence-electron chi connectivity index (χ2n) is 7.54. The van der Waals surface area contributed by atoms with Gasteiger partial charge in [0.05, 0.1) is 5.56 Å². The van der Waals surface area contributed by atoms with Crippen LogP contribution in [0.2, 0.25) is 0 Å². The first-order valence-corrected chi connectivity index (χ1v) is 8.90. The molecule has 0 amide bonds. The van der Waals surface area contributed by atoms with Gasteiger partial charge in [0.2, 0.25) is 0 Å². The van der Waals surface area contributed by atoms with E-state index in [-0.39, 0.29) is 5.41 Å². The van der Waals surface area contributed by atoms with Gasteiger partial charge in [-0.2, -0.15) is 13.2 Å². The number of rotatable bonds is 3. The van der Waals surface area contributed by atoms with Crippen LogP contribution in [0.25, 0.3) is 0 Å². The highest BCUT2D eigenvalue weighted by molar-refractivity contribution is 5.34. The molecule has 25 heavy (non-hydrogen) atoms. The Morgan fingerprint density at radius 3 is 2.40 bits per heavy atom. The zero-order valence-electron chi connectivity index (χ0n) is 14.1. The van der Waals surface area contributed by atoms with Crippen molar-refractivity contribution < 1.29 is 13.2 Å². The van der Waals surface area contributed by atoms with E-state index in [0.717, 1.165) is 31.6 Å². The molecule has 4 heteroatoms. The van der Waals surface area contributed by atoms with E-state index < -0.39 is 11.7 Å². The Balaban J connectivity index is 1.43. The summed E-state index contributed by atoms with van der Waals surface area (Å²) in [7, 11) is 0. The molecule has 4 rings (SSSR count). The maximum absolute atomic E-state index is 12.7. The van der Waals surface area contributed by atoms with Crippen LogP contribution in [0.1, 0.15) is 41.9 Å². The van der Waals surface area contributed by atoms with Gasteiger partial charge in [-0.15, -0.1) is 0 Å². The maximum atomic E-state index is 12.7. The zero-order valence-corrected chi connectivity index (χ0v) is 14.1. The number of alkyl halides is 3. The molecule has 1 aliphatic heterocycles. The van der Waals surface area contributed by atoms with E-state index in [1.807, 2.05) is 6.07 Å². The molecule has 132 valence electrons. The van der Waals surface area contributed by atoms with Crippen molar-refractivity contribution in [2.24, 2.45) is 5.41 Å². The van der Waals surface area contributed by atoms with E-state index in [2.05, 4.69) is 29.2 Å². The average molecular weight is 345 g/mol. The fourth-order valence-electron chi connectivity index (χ4n) is 4.41. The van der Waals surface area contributed by atoms with E-state index in [9.17, 15) is 13.2 Å². The van der Waals surface area contributed by atoms with Gasteiger partial charge in [0.1, 0.15) is 0 Å². The van der Waals surface area contributed by atoms with Gasteiger partial charge in [-0.05, 0) is 60.4 Å². The van der Waals surface area contributed by atoms with E-state index in [1.165, 1.54) is 30.5 Å². The fourth-order valence-corrected chi connectivity index (χ4v) is 4.41. The first-order chi connectivity index (χ1) is 12.0. The van der Waals surface area contributed by atoms with Crippen LogP contribution >= 0.6 is 0 Å². The van der Waals surface area contributed by atoms with Crippen molar-refractivity contribution >= 4 is 0 Å². The second-order valence-corrected chi connectivity index (χ2v) is 7.54. The number of nitrogens with zero attached hydrogens (tertiary/aromatic N) is 1. The third-order valence-corrected chi connectivity index (χ3v) is 5.77. The summed E-state index contributed by atoms with van der Waals surface area (Å²) in [6.45, 7) is 3.12. The molecular weight excluding hydrogens is 323 g/mol. The number of hydrogen-bond donors (Lipinski definition) is 0. The van der Waals surface area contributed by atoms with Gasteiger partial charge in [0, 0.05) is 13.1 Å². The number of benzene rings is 2. The number of hydrogen-bond acceptors (Lipinski definition) is 1. The number of piperidine rings is 1. The molecule has 2 aromatic rings. The minimum atomic E-state index is -4.25. The third kappa shape index (κ3) is 3.45. The van der Waals surface area contributed by atoms with Crippen molar-refractivity contribution in [3.63, 3.8) is 0 Å². The Morgan fingerprint density at radius 2 is 1.72 bits per heavy atom. The SMILES string of the molecule is FC(F)(F)c1ccc(C2CC23CCCN(Cc2ccccc2)C3)cc1. The minimum absolute atomic E-state index is 0.271. The lowest BCUT2D eigenvalue weighted by Crippen LogP contribution is -2.36. The topological polar surface area (TPSA) is 3.24 Å². The smallest absolute Gasteiger partial charge is 0.299 e. The van der Waals surface area contributed by atoms with Gasteiger partial charge in [0.15, 0.2) is 0 Å². The third-order valence-electron chi connectivity index (χ3n) is 5.77. The van der Waals surface area contributed by atoms with Crippen LogP contribution < -0.4 is 0 Å². The second kappa shape index (κ2) is 6.17. The lowest BCUT2D eigenvalue weighted by atomic mass is 9.89. The van der Waals surface area contributed by atoms with Crippen LogP contribution in [-0.4, -0.2) is 18.0 Å². The monoisotopic (exact) mass is 345 g/mol. The summed E-state index contributed by atoms with van der Waals surface area (Å²) >= 11 is 0. The van der Waals surface area contributed by atoms with E-state index in [1.54, 1.807) is 12.1 Å². The summed E-state index contributed by atoms with van der Waals surface area (Å²) in [4.78, 5) is 2.50. The molecule has 0 N–H and O–H groups in total. The highest BCUT2D eigenvalue weighted by Gasteiger charge is 2.55.